The molecule has 1 aromatic heterocycles. The molecule has 94 valence electrons. The van der Waals surface area contributed by atoms with Gasteiger partial charge in [0.05, 0.1) is 6.61 Å². The highest BCUT2D eigenvalue weighted by atomic mass is 35.5. The summed E-state index contributed by atoms with van der Waals surface area (Å²) in [5.41, 5.74) is 0.229. The molecule has 4 nitrogen and oxygen atoms in total. The van der Waals surface area contributed by atoms with Gasteiger partial charge >= 0.3 is 0 Å². The summed E-state index contributed by atoms with van der Waals surface area (Å²) in [4.78, 5) is 18.9. The Hall–Kier alpha value is -0.943. The summed E-state index contributed by atoms with van der Waals surface area (Å²) >= 11 is 5.85. The van der Waals surface area contributed by atoms with Crippen molar-refractivity contribution in [2.45, 2.75) is 32.6 Å². The van der Waals surface area contributed by atoms with Crippen LogP contribution in [0, 0.1) is 6.92 Å². The van der Waals surface area contributed by atoms with Crippen molar-refractivity contribution < 1.29 is 9.53 Å². The minimum Gasteiger partial charge on any atom is -0.477 e. The van der Waals surface area contributed by atoms with Crippen molar-refractivity contribution in [3.63, 3.8) is 0 Å². The molecular formula is C11H17ClN2O2Si. The Morgan fingerprint density at radius 2 is 2.00 bits per heavy atom. The van der Waals surface area contributed by atoms with E-state index in [0.29, 0.717) is 18.7 Å². The summed E-state index contributed by atoms with van der Waals surface area (Å²) < 4.78 is 5.53. The van der Waals surface area contributed by atoms with Gasteiger partial charge in [-0.05, 0) is 13.0 Å². The number of aryl methyl sites for hydroxylation is 1. The zero-order valence-electron chi connectivity index (χ0n) is 10.6. The Morgan fingerprint density at radius 3 is 2.53 bits per heavy atom. The van der Waals surface area contributed by atoms with E-state index in [4.69, 9.17) is 16.3 Å². The van der Waals surface area contributed by atoms with Crippen LogP contribution in [0.15, 0.2) is 0 Å². The molecule has 0 aromatic carbocycles. The van der Waals surface area contributed by atoms with Crippen LogP contribution < -0.4 is 4.74 Å². The van der Waals surface area contributed by atoms with E-state index in [-0.39, 0.29) is 16.6 Å². The molecule has 0 radical (unpaired) electrons. The van der Waals surface area contributed by atoms with Crippen LogP contribution in [0.5, 0.6) is 5.88 Å². The van der Waals surface area contributed by atoms with Crippen molar-refractivity contribution in [1.82, 2.24) is 9.97 Å². The van der Waals surface area contributed by atoms with E-state index in [2.05, 4.69) is 29.6 Å². The third-order valence-corrected chi connectivity index (χ3v) is 4.18. The molecule has 1 aromatic rings. The number of carbonyl (C=O) groups is 1. The highest BCUT2D eigenvalue weighted by Gasteiger charge is 2.16. The lowest BCUT2D eigenvalue weighted by molar-refractivity contribution is 0.111. The van der Waals surface area contributed by atoms with Crippen LogP contribution in [0.1, 0.15) is 16.2 Å². The summed E-state index contributed by atoms with van der Waals surface area (Å²) in [5.74, 6) is 0.791. The van der Waals surface area contributed by atoms with Crippen molar-refractivity contribution in [3.05, 3.63) is 16.5 Å². The van der Waals surface area contributed by atoms with E-state index < -0.39 is 8.07 Å². The Labute approximate surface area is 107 Å². The van der Waals surface area contributed by atoms with Crippen LogP contribution in [0.2, 0.25) is 30.8 Å². The van der Waals surface area contributed by atoms with Crippen molar-refractivity contribution in [2.75, 3.05) is 6.61 Å². The quantitative estimate of drug-likeness (QED) is 0.470. The van der Waals surface area contributed by atoms with Gasteiger partial charge in [-0.2, -0.15) is 4.98 Å². The first kappa shape index (κ1) is 14.1. The Kier molecular flexibility index (Phi) is 4.65. The van der Waals surface area contributed by atoms with Gasteiger partial charge in [0, 0.05) is 8.07 Å². The Balaban J connectivity index is 2.80. The van der Waals surface area contributed by atoms with Gasteiger partial charge in [0.15, 0.2) is 6.29 Å². The number of hydrogen-bond donors (Lipinski definition) is 0. The van der Waals surface area contributed by atoms with Crippen molar-refractivity contribution in [1.29, 1.82) is 0 Å². The first-order valence-corrected chi connectivity index (χ1v) is 9.54. The molecule has 0 aliphatic heterocycles. The number of hydrogen-bond acceptors (Lipinski definition) is 4. The standard InChI is InChI=1S/C11H17ClN2O2Si/c1-8-13-10(12)9(7-15)11(14-8)16-5-6-17(2,3)4/h7H,5-6H2,1-4H3. The number of aromatic nitrogens is 2. The van der Waals surface area contributed by atoms with E-state index in [1.807, 2.05) is 0 Å². The normalized spacial score (nSPS) is 11.4. The summed E-state index contributed by atoms with van der Waals surface area (Å²) in [5, 5.41) is 0.149. The molecule has 17 heavy (non-hydrogen) atoms. The second-order valence-electron chi connectivity index (χ2n) is 5.06. The monoisotopic (exact) mass is 272 g/mol. The van der Waals surface area contributed by atoms with Crippen molar-refractivity contribution >= 4 is 26.0 Å². The zero-order valence-corrected chi connectivity index (χ0v) is 12.3. The number of halogens is 1. The van der Waals surface area contributed by atoms with Crippen LogP contribution in [0.25, 0.3) is 0 Å². The minimum absolute atomic E-state index is 0.149. The molecule has 0 aliphatic carbocycles. The van der Waals surface area contributed by atoms with Crippen LogP contribution in [0.3, 0.4) is 0 Å². The van der Waals surface area contributed by atoms with Gasteiger partial charge < -0.3 is 4.74 Å². The molecule has 0 unspecified atom stereocenters. The fourth-order valence-corrected chi connectivity index (χ4v) is 2.15. The Morgan fingerprint density at radius 1 is 1.35 bits per heavy atom. The van der Waals surface area contributed by atoms with E-state index in [0.717, 1.165) is 6.04 Å². The SMILES string of the molecule is Cc1nc(Cl)c(C=O)c(OCC[Si](C)(C)C)n1. The number of carbonyl (C=O) groups excluding carboxylic acids is 1. The summed E-state index contributed by atoms with van der Waals surface area (Å²) in [6, 6.07) is 1.01. The number of aldehydes is 1. The van der Waals surface area contributed by atoms with Crippen LogP contribution in [0.4, 0.5) is 0 Å². The molecule has 6 heteroatoms. The smallest absolute Gasteiger partial charge is 0.229 e. The fraction of sp³-hybridized carbons (Fsp3) is 0.545. The second kappa shape index (κ2) is 5.60. The molecule has 1 heterocycles. The predicted molar refractivity (Wildman–Crippen MR) is 70.8 cm³/mol. The molecule has 0 amide bonds. The topological polar surface area (TPSA) is 52.1 Å². The average Bonchev–Trinajstić information content (AvgIpc) is 2.14. The van der Waals surface area contributed by atoms with Gasteiger partial charge in [0.2, 0.25) is 5.88 Å². The molecular weight excluding hydrogens is 256 g/mol. The maximum atomic E-state index is 10.9. The van der Waals surface area contributed by atoms with Crippen LogP contribution >= 0.6 is 11.6 Å². The third kappa shape index (κ3) is 4.44. The van der Waals surface area contributed by atoms with E-state index in [1.165, 1.54) is 0 Å². The fourth-order valence-electron chi connectivity index (χ4n) is 1.19. The number of rotatable bonds is 5. The summed E-state index contributed by atoms with van der Waals surface area (Å²) in [6.07, 6.45) is 0.631. The van der Waals surface area contributed by atoms with Gasteiger partial charge in [-0.3, -0.25) is 4.79 Å². The largest absolute Gasteiger partial charge is 0.477 e. The maximum Gasteiger partial charge on any atom is 0.229 e. The molecule has 0 atom stereocenters. The number of ether oxygens (including phenoxy) is 1. The molecule has 0 saturated heterocycles. The lowest BCUT2D eigenvalue weighted by atomic mass is 10.3. The third-order valence-electron chi connectivity index (χ3n) is 2.18. The van der Waals surface area contributed by atoms with Crippen molar-refractivity contribution in [3.8, 4) is 5.88 Å². The highest BCUT2D eigenvalue weighted by Crippen LogP contribution is 2.21. The summed E-state index contributed by atoms with van der Waals surface area (Å²) in [6.45, 7) is 9.05. The minimum atomic E-state index is -1.16. The molecule has 0 spiro atoms. The Bertz CT molecular complexity index is 419. The van der Waals surface area contributed by atoms with E-state index in [9.17, 15) is 4.79 Å². The first-order chi connectivity index (χ1) is 7.83. The maximum absolute atomic E-state index is 10.9. The van der Waals surface area contributed by atoms with Gasteiger partial charge in [-0.25, -0.2) is 4.98 Å². The zero-order chi connectivity index (χ0) is 13.1. The van der Waals surface area contributed by atoms with Gasteiger partial charge in [-0.1, -0.05) is 31.2 Å². The number of nitrogens with zero attached hydrogens (tertiary/aromatic N) is 2. The lowest BCUT2D eigenvalue weighted by Gasteiger charge is -2.16. The van der Waals surface area contributed by atoms with E-state index >= 15 is 0 Å². The van der Waals surface area contributed by atoms with Gasteiger partial charge in [0.25, 0.3) is 0 Å². The average molecular weight is 273 g/mol. The van der Waals surface area contributed by atoms with Crippen molar-refractivity contribution in [2.24, 2.45) is 0 Å². The molecule has 0 saturated carbocycles. The van der Waals surface area contributed by atoms with E-state index in [1.54, 1.807) is 6.92 Å². The molecule has 1 rings (SSSR count). The summed E-state index contributed by atoms with van der Waals surface area (Å²) in [7, 11) is -1.16. The van der Waals surface area contributed by atoms with Gasteiger partial charge in [0.1, 0.15) is 16.5 Å². The molecule has 0 aliphatic rings. The molecule has 0 fully saturated rings. The van der Waals surface area contributed by atoms with Crippen LogP contribution in [-0.2, 0) is 0 Å². The van der Waals surface area contributed by atoms with Crippen LogP contribution in [-0.4, -0.2) is 30.9 Å². The predicted octanol–water partition coefficient (Wildman–Crippen LogP) is 2.97. The second-order valence-corrected chi connectivity index (χ2v) is 11.0. The first-order valence-electron chi connectivity index (χ1n) is 5.45. The molecule has 0 bridgehead atoms. The van der Waals surface area contributed by atoms with Gasteiger partial charge in [-0.15, -0.1) is 0 Å². The highest BCUT2D eigenvalue weighted by molar-refractivity contribution is 6.76. The molecule has 0 N–H and O–H groups in total. The lowest BCUT2D eigenvalue weighted by Crippen LogP contribution is -2.23.